The van der Waals surface area contributed by atoms with Crippen molar-refractivity contribution >= 4 is 43.2 Å². The molecule has 0 radical (unpaired) electrons. The molecule has 0 aliphatic heterocycles. The summed E-state index contributed by atoms with van der Waals surface area (Å²) in [7, 11) is 0. The number of nitro groups is 1. The van der Waals surface area contributed by atoms with E-state index in [1.807, 2.05) is 12.1 Å². The molecule has 18 heavy (non-hydrogen) atoms. The van der Waals surface area contributed by atoms with E-state index in [1.54, 1.807) is 6.07 Å². The van der Waals surface area contributed by atoms with E-state index in [0.717, 1.165) is 11.4 Å². The molecule has 0 saturated carbocycles. The molecule has 1 heterocycles. The molecule has 1 N–H and O–H groups in total. The summed E-state index contributed by atoms with van der Waals surface area (Å²) in [5.74, 6) is 0.770. The number of furan rings is 1. The number of nitro benzene ring substituents is 1. The zero-order valence-corrected chi connectivity index (χ0v) is 12.2. The number of hydrogen-bond donors (Lipinski definition) is 1. The molecule has 94 valence electrons. The predicted octanol–water partition coefficient (Wildman–Crippen LogP) is 4.32. The van der Waals surface area contributed by atoms with E-state index in [1.165, 1.54) is 12.1 Å². The molecule has 0 aliphatic carbocycles. The molecule has 0 spiro atoms. The Morgan fingerprint density at radius 1 is 1.28 bits per heavy atom. The summed E-state index contributed by atoms with van der Waals surface area (Å²) in [6.07, 6.45) is 0. The fraction of sp³-hybridized carbons (Fsp3) is 0.0909. The summed E-state index contributed by atoms with van der Waals surface area (Å²) in [6, 6.07) is 8.21. The summed E-state index contributed by atoms with van der Waals surface area (Å²) in [6.45, 7) is 0.502. The number of nitrogens with one attached hydrogen (secondary N) is 1. The summed E-state index contributed by atoms with van der Waals surface area (Å²) < 4.78 is 6.65. The van der Waals surface area contributed by atoms with Gasteiger partial charge in [-0.1, -0.05) is 0 Å². The van der Waals surface area contributed by atoms with Gasteiger partial charge in [-0.2, -0.15) is 0 Å². The first-order valence-electron chi connectivity index (χ1n) is 4.98. The monoisotopic (exact) mass is 374 g/mol. The van der Waals surface area contributed by atoms with Crippen molar-refractivity contribution in [1.82, 2.24) is 0 Å². The van der Waals surface area contributed by atoms with Gasteiger partial charge < -0.3 is 9.73 Å². The largest absolute Gasteiger partial charge is 0.452 e. The standard InChI is InChI=1S/C11H8Br2N2O3/c12-9-5-7(15(16)17)1-3-10(9)14-6-8-2-4-11(13)18-8/h1-5,14H,6H2. The Labute approximate surface area is 120 Å². The number of hydrogen-bond acceptors (Lipinski definition) is 4. The predicted molar refractivity (Wildman–Crippen MR) is 74.5 cm³/mol. The SMILES string of the molecule is O=[N+]([O-])c1ccc(NCc2ccc(Br)o2)c(Br)c1. The smallest absolute Gasteiger partial charge is 0.270 e. The van der Waals surface area contributed by atoms with E-state index in [-0.39, 0.29) is 5.69 Å². The number of non-ortho nitro benzene ring substituents is 1. The van der Waals surface area contributed by atoms with Crippen LogP contribution >= 0.6 is 31.9 Å². The van der Waals surface area contributed by atoms with E-state index in [9.17, 15) is 10.1 Å². The Morgan fingerprint density at radius 2 is 2.06 bits per heavy atom. The maximum atomic E-state index is 10.6. The first-order chi connectivity index (χ1) is 8.56. The summed E-state index contributed by atoms with van der Waals surface area (Å²) in [4.78, 5) is 10.2. The lowest BCUT2D eigenvalue weighted by Gasteiger charge is -2.06. The normalized spacial score (nSPS) is 10.3. The fourth-order valence-electron chi connectivity index (χ4n) is 1.39. The van der Waals surface area contributed by atoms with Crippen molar-refractivity contribution in [3.8, 4) is 0 Å². The minimum Gasteiger partial charge on any atom is -0.452 e. The zero-order chi connectivity index (χ0) is 13.1. The summed E-state index contributed by atoms with van der Waals surface area (Å²) in [5, 5.41) is 13.7. The van der Waals surface area contributed by atoms with Crippen LogP contribution in [-0.4, -0.2) is 4.92 Å². The summed E-state index contributed by atoms with van der Waals surface area (Å²) in [5.41, 5.74) is 0.821. The van der Waals surface area contributed by atoms with Crippen molar-refractivity contribution in [2.24, 2.45) is 0 Å². The number of rotatable bonds is 4. The van der Waals surface area contributed by atoms with Crippen LogP contribution in [0.4, 0.5) is 11.4 Å². The molecule has 0 atom stereocenters. The second-order valence-corrected chi connectivity index (χ2v) is 5.12. The highest BCUT2D eigenvalue weighted by Gasteiger charge is 2.09. The van der Waals surface area contributed by atoms with Crippen molar-refractivity contribution in [3.05, 3.63) is 55.3 Å². The van der Waals surface area contributed by atoms with Crippen molar-refractivity contribution < 1.29 is 9.34 Å². The molecule has 0 fully saturated rings. The van der Waals surface area contributed by atoms with Gasteiger partial charge in [0.25, 0.3) is 5.69 Å². The first-order valence-corrected chi connectivity index (χ1v) is 6.57. The maximum absolute atomic E-state index is 10.6. The third-order valence-electron chi connectivity index (χ3n) is 2.25. The molecule has 0 bridgehead atoms. The molecule has 1 aromatic carbocycles. The van der Waals surface area contributed by atoms with Gasteiger partial charge >= 0.3 is 0 Å². The highest BCUT2D eigenvalue weighted by molar-refractivity contribution is 9.10. The van der Waals surface area contributed by atoms with Crippen LogP contribution in [-0.2, 0) is 6.54 Å². The van der Waals surface area contributed by atoms with Crippen LogP contribution in [0.5, 0.6) is 0 Å². The Hall–Kier alpha value is -1.34. The molecule has 5 nitrogen and oxygen atoms in total. The average molecular weight is 376 g/mol. The number of benzene rings is 1. The molecule has 0 saturated heterocycles. The number of halogens is 2. The topological polar surface area (TPSA) is 68.3 Å². The lowest BCUT2D eigenvalue weighted by atomic mass is 10.3. The molecule has 1 aromatic heterocycles. The van der Waals surface area contributed by atoms with Crippen LogP contribution in [0.1, 0.15) is 5.76 Å². The van der Waals surface area contributed by atoms with Crippen LogP contribution in [0, 0.1) is 10.1 Å². The number of anilines is 1. The lowest BCUT2D eigenvalue weighted by Crippen LogP contribution is -1.99. The van der Waals surface area contributed by atoms with Crippen LogP contribution in [0.3, 0.4) is 0 Å². The van der Waals surface area contributed by atoms with E-state index in [4.69, 9.17) is 4.42 Å². The van der Waals surface area contributed by atoms with E-state index >= 15 is 0 Å². The Kier molecular flexibility index (Phi) is 4.03. The fourth-order valence-corrected chi connectivity index (χ4v) is 2.24. The number of nitrogens with zero attached hydrogens (tertiary/aromatic N) is 1. The molecular formula is C11H8Br2N2O3. The summed E-state index contributed by atoms with van der Waals surface area (Å²) >= 11 is 6.51. The molecule has 0 amide bonds. The van der Waals surface area contributed by atoms with Gasteiger partial charge in [0.05, 0.1) is 11.5 Å². The van der Waals surface area contributed by atoms with Crippen LogP contribution in [0.25, 0.3) is 0 Å². The molecular weight excluding hydrogens is 368 g/mol. The Balaban J connectivity index is 2.08. The van der Waals surface area contributed by atoms with Gasteiger partial charge in [-0.3, -0.25) is 10.1 Å². The van der Waals surface area contributed by atoms with Gasteiger partial charge in [-0.25, -0.2) is 0 Å². The molecule has 7 heteroatoms. The quantitative estimate of drug-likeness (QED) is 0.638. The maximum Gasteiger partial charge on any atom is 0.270 e. The minimum absolute atomic E-state index is 0.0492. The van der Waals surface area contributed by atoms with Gasteiger partial charge in [-0.15, -0.1) is 0 Å². The van der Waals surface area contributed by atoms with Gasteiger partial charge in [0, 0.05) is 22.3 Å². The zero-order valence-electron chi connectivity index (χ0n) is 9.02. The van der Waals surface area contributed by atoms with Crippen molar-refractivity contribution in [2.45, 2.75) is 6.54 Å². The van der Waals surface area contributed by atoms with Gasteiger partial charge in [-0.05, 0) is 50.1 Å². The molecule has 0 unspecified atom stereocenters. The van der Waals surface area contributed by atoms with Crippen molar-refractivity contribution in [3.63, 3.8) is 0 Å². The average Bonchev–Trinajstić information content (AvgIpc) is 2.73. The van der Waals surface area contributed by atoms with Crippen LogP contribution in [0.2, 0.25) is 0 Å². The van der Waals surface area contributed by atoms with E-state index in [0.29, 0.717) is 15.7 Å². The lowest BCUT2D eigenvalue weighted by molar-refractivity contribution is -0.384. The van der Waals surface area contributed by atoms with Gasteiger partial charge in [0.1, 0.15) is 5.76 Å². The third-order valence-corrected chi connectivity index (χ3v) is 3.33. The third kappa shape index (κ3) is 3.11. The first kappa shape index (κ1) is 13.1. The minimum atomic E-state index is -0.432. The van der Waals surface area contributed by atoms with Crippen molar-refractivity contribution in [2.75, 3.05) is 5.32 Å². The second kappa shape index (κ2) is 5.53. The second-order valence-electron chi connectivity index (χ2n) is 3.48. The van der Waals surface area contributed by atoms with Gasteiger partial charge in [0.15, 0.2) is 4.67 Å². The van der Waals surface area contributed by atoms with E-state index < -0.39 is 4.92 Å². The van der Waals surface area contributed by atoms with E-state index in [2.05, 4.69) is 37.2 Å². The van der Waals surface area contributed by atoms with Crippen LogP contribution in [0.15, 0.2) is 43.9 Å². The Bertz CT molecular complexity index is 583. The molecule has 2 aromatic rings. The Morgan fingerprint density at radius 3 is 2.61 bits per heavy atom. The molecule has 2 rings (SSSR count). The van der Waals surface area contributed by atoms with Crippen molar-refractivity contribution in [1.29, 1.82) is 0 Å². The van der Waals surface area contributed by atoms with Gasteiger partial charge in [0.2, 0.25) is 0 Å². The molecule has 0 aliphatic rings. The highest BCUT2D eigenvalue weighted by Crippen LogP contribution is 2.27. The highest BCUT2D eigenvalue weighted by atomic mass is 79.9. The van der Waals surface area contributed by atoms with Crippen LogP contribution < -0.4 is 5.32 Å².